The fraction of sp³-hybridized carbons (Fsp3) is 0.389. The molecule has 0 bridgehead atoms. The van der Waals surface area contributed by atoms with Gasteiger partial charge < -0.3 is 9.47 Å². The Hall–Kier alpha value is -2.06. The predicted octanol–water partition coefficient (Wildman–Crippen LogP) is 4.03. The normalized spacial score (nSPS) is 11.6. The van der Waals surface area contributed by atoms with Gasteiger partial charge in [0.1, 0.15) is 4.21 Å². The number of nitrogens with zero attached hydrogens (tertiary/aromatic N) is 1. The van der Waals surface area contributed by atoms with Crippen LogP contribution in [0.5, 0.6) is 11.5 Å². The van der Waals surface area contributed by atoms with Gasteiger partial charge in [-0.25, -0.2) is 0 Å². The van der Waals surface area contributed by atoms with Crippen LogP contribution in [-0.2, 0) is 10.0 Å². The molecule has 1 aromatic carbocycles. The van der Waals surface area contributed by atoms with Crippen LogP contribution in [0.4, 0.5) is 0 Å². The van der Waals surface area contributed by atoms with Crippen LogP contribution in [0.25, 0.3) is 0 Å². The van der Waals surface area contributed by atoms with Gasteiger partial charge in [0, 0.05) is 0 Å². The van der Waals surface area contributed by atoms with Crippen molar-refractivity contribution in [1.82, 2.24) is 4.83 Å². The van der Waals surface area contributed by atoms with Gasteiger partial charge in [0.25, 0.3) is 10.0 Å². The van der Waals surface area contributed by atoms with E-state index in [1.54, 1.807) is 36.8 Å². The van der Waals surface area contributed by atoms with Gasteiger partial charge in [-0.2, -0.15) is 18.4 Å². The quantitative estimate of drug-likeness (QED) is 0.353. The molecule has 0 aliphatic rings. The largest absolute Gasteiger partial charge is 0.493 e. The lowest BCUT2D eigenvalue weighted by molar-refractivity contribution is 0.285. The highest BCUT2D eigenvalue weighted by Gasteiger charge is 2.13. The zero-order valence-corrected chi connectivity index (χ0v) is 16.6. The van der Waals surface area contributed by atoms with Gasteiger partial charge in [-0.3, -0.25) is 0 Å². The van der Waals surface area contributed by atoms with Gasteiger partial charge >= 0.3 is 0 Å². The summed E-state index contributed by atoms with van der Waals surface area (Å²) >= 11 is 1.14. The van der Waals surface area contributed by atoms with Gasteiger partial charge in [0.2, 0.25) is 0 Å². The second kappa shape index (κ2) is 10.2. The van der Waals surface area contributed by atoms with Crippen LogP contribution in [0.3, 0.4) is 0 Å². The van der Waals surface area contributed by atoms with Crippen molar-refractivity contribution >= 4 is 27.6 Å². The number of benzene rings is 1. The van der Waals surface area contributed by atoms with Crippen molar-refractivity contribution in [3.8, 4) is 11.5 Å². The molecule has 0 aliphatic heterocycles. The molecule has 142 valence electrons. The lowest BCUT2D eigenvalue weighted by atomic mass is 10.2. The zero-order chi connectivity index (χ0) is 18.8. The Balaban J connectivity index is 1.95. The number of hydrogen-bond acceptors (Lipinski definition) is 6. The molecule has 0 radical (unpaired) electrons. The van der Waals surface area contributed by atoms with Crippen LogP contribution in [0.15, 0.2) is 45.0 Å². The highest BCUT2D eigenvalue weighted by atomic mass is 32.2. The summed E-state index contributed by atoms with van der Waals surface area (Å²) in [5.41, 5.74) is 0.703. The van der Waals surface area contributed by atoms with Crippen LogP contribution in [0, 0.1) is 0 Å². The summed E-state index contributed by atoms with van der Waals surface area (Å²) in [5.74, 6) is 1.26. The van der Waals surface area contributed by atoms with E-state index in [-0.39, 0.29) is 4.21 Å². The Morgan fingerprint density at radius 2 is 2.04 bits per heavy atom. The lowest BCUT2D eigenvalue weighted by Gasteiger charge is -2.11. The number of methoxy groups -OCH3 is 1. The number of thiophene rings is 1. The molecular weight excluding hydrogens is 372 g/mol. The van der Waals surface area contributed by atoms with Gasteiger partial charge in [-0.05, 0) is 41.6 Å². The standard InChI is InChI=1S/C18H24N2O4S2/c1-3-4-5-6-11-24-16-10-9-15(13-17(16)23-2)14-19-20-26(21,22)18-8-7-12-25-18/h7-10,12-14,20H,3-6,11H2,1-2H3/b19-14+. The summed E-state index contributed by atoms with van der Waals surface area (Å²) in [6.07, 6.45) is 5.97. The summed E-state index contributed by atoms with van der Waals surface area (Å²) in [4.78, 5) is 2.20. The molecule has 0 fully saturated rings. The summed E-state index contributed by atoms with van der Waals surface area (Å²) in [6, 6.07) is 8.55. The number of unbranched alkanes of at least 4 members (excludes halogenated alkanes) is 3. The monoisotopic (exact) mass is 396 g/mol. The number of rotatable bonds is 11. The predicted molar refractivity (Wildman–Crippen MR) is 105 cm³/mol. The molecule has 0 unspecified atom stereocenters. The van der Waals surface area contributed by atoms with E-state index in [2.05, 4.69) is 16.9 Å². The van der Waals surface area contributed by atoms with Crippen LogP contribution in [-0.4, -0.2) is 28.3 Å². The molecule has 26 heavy (non-hydrogen) atoms. The third-order valence-electron chi connectivity index (χ3n) is 3.59. The van der Waals surface area contributed by atoms with Gasteiger partial charge in [0.05, 0.1) is 19.9 Å². The van der Waals surface area contributed by atoms with E-state index in [0.717, 1.165) is 24.2 Å². The SMILES string of the molecule is CCCCCCOc1ccc(/C=N/NS(=O)(=O)c2cccs2)cc1OC. The highest BCUT2D eigenvalue weighted by molar-refractivity contribution is 7.91. The third-order valence-corrected chi connectivity index (χ3v) is 6.21. The maximum atomic E-state index is 12.0. The minimum atomic E-state index is -3.62. The van der Waals surface area contributed by atoms with Crippen molar-refractivity contribution in [3.63, 3.8) is 0 Å². The third kappa shape index (κ3) is 6.03. The molecule has 2 rings (SSSR count). The van der Waals surface area contributed by atoms with Crippen LogP contribution < -0.4 is 14.3 Å². The second-order valence-electron chi connectivity index (χ2n) is 5.60. The topological polar surface area (TPSA) is 77.0 Å². The molecule has 0 atom stereocenters. The number of hydrazone groups is 1. The Kier molecular flexibility index (Phi) is 7.93. The highest BCUT2D eigenvalue weighted by Crippen LogP contribution is 2.27. The van der Waals surface area contributed by atoms with E-state index in [1.807, 2.05) is 0 Å². The summed E-state index contributed by atoms with van der Waals surface area (Å²) in [5, 5.41) is 5.52. The molecule has 0 spiro atoms. The molecule has 1 N–H and O–H groups in total. The van der Waals surface area contributed by atoms with Crippen molar-refractivity contribution < 1.29 is 17.9 Å². The van der Waals surface area contributed by atoms with Crippen LogP contribution in [0.2, 0.25) is 0 Å². The van der Waals surface area contributed by atoms with Crippen molar-refractivity contribution in [1.29, 1.82) is 0 Å². The minimum absolute atomic E-state index is 0.221. The average molecular weight is 397 g/mol. The first-order valence-electron chi connectivity index (χ1n) is 8.46. The van der Waals surface area contributed by atoms with Crippen molar-refractivity contribution in [2.75, 3.05) is 13.7 Å². The molecule has 0 aliphatic carbocycles. The molecule has 1 heterocycles. The molecule has 8 heteroatoms. The van der Waals surface area contributed by atoms with Crippen molar-refractivity contribution in [2.24, 2.45) is 5.10 Å². The molecule has 1 aromatic heterocycles. The molecule has 0 saturated carbocycles. The second-order valence-corrected chi connectivity index (χ2v) is 8.44. The average Bonchev–Trinajstić information content (AvgIpc) is 3.18. The zero-order valence-electron chi connectivity index (χ0n) is 15.0. The maximum Gasteiger partial charge on any atom is 0.286 e. The first-order chi connectivity index (χ1) is 12.6. The number of sulfonamides is 1. The lowest BCUT2D eigenvalue weighted by Crippen LogP contribution is -2.17. The fourth-order valence-corrected chi connectivity index (χ4v) is 4.00. The Bertz CT molecular complexity index is 803. The number of ether oxygens (including phenoxy) is 2. The number of nitrogens with one attached hydrogen (secondary N) is 1. The van der Waals surface area contributed by atoms with E-state index in [9.17, 15) is 8.42 Å². The Labute approximate surface area is 158 Å². The Morgan fingerprint density at radius 1 is 1.19 bits per heavy atom. The summed E-state index contributed by atoms with van der Waals surface area (Å²) in [7, 11) is -2.05. The van der Waals surface area contributed by atoms with E-state index in [1.165, 1.54) is 25.1 Å². The van der Waals surface area contributed by atoms with Gasteiger partial charge in [0.15, 0.2) is 11.5 Å². The van der Waals surface area contributed by atoms with E-state index in [4.69, 9.17) is 9.47 Å². The van der Waals surface area contributed by atoms with Gasteiger partial charge in [-0.1, -0.05) is 32.3 Å². The maximum absolute atomic E-state index is 12.0. The first-order valence-corrected chi connectivity index (χ1v) is 10.8. The summed E-state index contributed by atoms with van der Waals surface area (Å²) < 4.78 is 35.3. The fourth-order valence-electron chi connectivity index (χ4n) is 2.23. The molecule has 6 nitrogen and oxygen atoms in total. The van der Waals surface area contributed by atoms with Gasteiger partial charge in [-0.15, -0.1) is 11.3 Å². The smallest absolute Gasteiger partial charge is 0.286 e. The molecular formula is C18H24N2O4S2. The Morgan fingerprint density at radius 3 is 2.73 bits per heavy atom. The number of hydrogen-bond donors (Lipinski definition) is 1. The van der Waals surface area contributed by atoms with Crippen molar-refractivity contribution in [3.05, 3.63) is 41.3 Å². The minimum Gasteiger partial charge on any atom is -0.493 e. The van der Waals surface area contributed by atoms with Crippen LogP contribution >= 0.6 is 11.3 Å². The van der Waals surface area contributed by atoms with E-state index >= 15 is 0 Å². The van der Waals surface area contributed by atoms with E-state index < -0.39 is 10.0 Å². The van der Waals surface area contributed by atoms with Crippen molar-refractivity contribution in [2.45, 2.75) is 36.8 Å². The van der Waals surface area contributed by atoms with Crippen LogP contribution in [0.1, 0.15) is 38.2 Å². The van der Waals surface area contributed by atoms with E-state index in [0.29, 0.717) is 23.7 Å². The first kappa shape index (κ1) is 20.3. The molecule has 0 saturated heterocycles. The molecule has 2 aromatic rings. The molecule has 0 amide bonds. The summed E-state index contributed by atoms with van der Waals surface area (Å²) in [6.45, 7) is 2.81.